The first-order chi connectivity index (χ1) is 17.8. The summed E-state index contributed by atoms with van der Waals surface area (Å²) in [6.07, 6.45) is -2.97. The van der Waals surface area contributed by atoms with E-state index in [4.69, 9.17) is 4.18 Å². The predicted molar refractivity (Wildman–Crippen MR) is 130 cm³/mol. The number of nitrogens with zero attached hydrogens (tertiary/aromatic N) is 2. The lowest BCUT2D eigenvalue weighted by atomic mass is 9.77. The van der Waals surface area contributed by atoms with Crippen LogP contribution in [0.5, 0.6) is 11.5 Å². The molecule has 9 nitrogen and oxygen atoms in total. The normalized spacial score (nSPS) is 20.6. The van der Waals surface area contributed by atoms with Crippen molar-refractivity contribution in [3.63, 3.8) is 0 Å². The van der Waals surface area contributed by atoms with Crippen LogP contribution in [0.15, 0.2) is 53.4 Å². The highest BCUT2D eigenvalue weighted by atomic mass is 32.2. The van der Waals surface area contributed by atoms with Crippen LogP contribution in [-0.4, -0.2) is 58.3 Å². The number of anilines is 1. The number of hydrogen-bond acceptors (Lipinski definition) is 7. The van der Waals surface area contributed by atoms with Crippen molar-refractivity contribution in [3.05, 3.63) is 48.5 Å². The molecule has 5 rings (SSSR count). The van der Waals surface area contributed by atoms with E-state index in [-0.39, 0.29) is 37.6 Å². The van der Waals surface area contributed by atoms with Gasteiger partial charge in [-0.15, -0.1) is 13.2 Å². The summed E-state index contributed by atoms with van der Waals surface area (Å²) in [5.41, 5.74) is -0.227. The Labute approximate surface area is 218 Å². The fourth-order valence-electron chi connectivity index (χ4n) is 4.94. The van der Waals surface area contributed by atoms with E-state index in [1.807, 2.05) is 0 Å². The third-order valence-electron chi connectivity index (χ3n) is 7.18. The van der Waals surface area contributed by atoms with Gasteiger partial charge in [0.1, 0.15) is 16.4 Å². The molecule has 0 unspecified atom stereocenters. The molecule has 0 atom stereocenters. The molecule has 1 spiro atoms. The number of piperidine rings is 1. The van der Waals surface area contributed by atoms with E-state index in [1.165, 1.54) is 24.3 Å². The minimum atomic E-state index is -5.05. The maximum atomic E-state index is 13.4. The molecule has 2 aromatic carbocycles. The molecule has 1 saturated carbocycles. The zero-order chi connectivity index (χ0) is 27.3. The highest BCUT2D eigenvalue weighted by Gasteiger charge is 2.50. The molecule has 2 saturated heterocycles. The number of alkyl halides is 3. The predicted octanol–water partition coefficient (Wildman–Crippen LogP) is 3.66. The molecule has 38 heavy (non-hydrogen) atoms. The number of amides is 1. The van der Waals surface area contributed by atoms with Crippen molar-refractivity contribution >= 4 is 31.7 Å². The molecule has 1 aliphatic carbocycles. The third-order valence-corrected chi connectivity index (χ3v) is 10.8. The van der Waals surface area contributed by atoms with Crippen molar-refractivity contribution in [1.29, 1.82) is 0 Å². The number of para-hydroxylation sites is 1. The van der Waals surface area contributed by atoms with Crippen LogP contribution in [0.2, 0.25) is 0 Å². The molecule has 2 aromatic rings. The largest absolute Gasteiger partial charge is 0.573 e. The summed E-state index contributed by atoms with van der Waals surface area (Å²) in [7, 11) is -7.95. The second-order valence-electron chi connectivity index (χ2n) is 9.66. The molecule has 3 fully saturated rings. The molecule has 0 aromatic heterocycles. The van der Waals surface area contributed by atoms with E-state index in [0.29, 0.717) is 31.5 Å². The Kier molecular flexibility index (Phi) is 6.63. The van der Waals surface area contributed by atoms with Gasteiger partial charge >= 0.3 is 16.5 Å². The summed E-state index contributed by atoms with van der Waals surface area (Å²) < 4.78 is 98.9. The van der Waals surface area contributed by atoms with Gasteiger partial charge in [0.25, 0.3) is 0 Å². The molecule has 1 amide bonds. The molecule has 0 radical (unpaired) electrons. The Morgan fingerprint density at radius 3 is 2.08 bits per heavy atom. The van der Waals surface area contributed by atoms with Crippen LogP contribution >= 0.6 is 0 Å². The topological polar surface area (TPSA) is 110 Å². The van der Waals surface area contributed by atoms with Gasteiger partial charge in [-0.1, -0.05) is 12.1 Å². The summed E-state index contributed by atoms with van der Waals surface area (Å²) in [4.78, 5) is 14.4. The zero-order valence-corrected chi connectivity index (χ0v) is 21.7. The second-order valence-corrected chi connectivity index (χ2v) is 13.4. The number of carbonyl (C=O) groups excluding carboxylic acids is 1. The number of carbonyl (C=O) groups is 1. The summed E-state index contributed by atoms with van der Waals surface area (Å²) in [6, 6.07) is 10.8. The van der Waals surface area contributed by atoms with Gasteiger partial charge in [0, 0.05) is 25.3 Å². The molecule has 2 aliphatic heterocycles. The average molecular weight is 575 g/mol. The Balaban J connectivity index is 1.26. The van der Waals surface area contributed by atoms with Gasteiger partial charge in [0.05, 0.1) is 10.7 Å². The van der Waals surface area contributed by atoms with E-state index in [0.717, 1.165) is 16.4 Å². The van der Waals surface area contributed by atoms with Crippen LogP contribution in [0.25, 0.3) is 0 Å². The van der Waals surface area contributed by atoms with E-state index < -0.39 is 47.8 Å². The lowest BCUT2D eigenvalue weighted by Gasteiger charge is -2.37. The molecule has 3 aliphatic rings. The van der Waals surface area contributed by atoms with Crippen molar-refractivity contribution in [2.75, 3.05) is 24.5 Å². The van der Waals surface area contributed by atoms with Gasteiger partial charge in [-0.25, -0.2) is 8.42 Å². The maximum absolute atomic E-state index is 13.4. The number of rotatable bonds is 7. The van der Waals surface area contributed by atoms with Gasteiger partial charge < -0.3 is 13.8 Å². The maximum Gasteiger partial charge on any atom is 0.573 e. The Bertz CT molecular complexity index is 1430. The highest BCUT2D eigenvalue weighted by molar-refractivity contribution is 7.89. The molecule has 2 heterocycles. The van der Waals surface area contributed by atoms with E-state index in [9.17, 15) is 34.8 Å². The van der Waals surface area contributed by atoms with Crippen molar-refractivity contribution in [3.8, 4) is 11.5 Å². The van der Waals surface area contributed by atoms with Gasteiger partial charge in [-0.05, 0) is 68.5 Å². The minimum absolute atomic E-state index is 0.0337. The van der Waals surface area contributed by atoms with Crippen LogP contribution < -0.4 is 13.8 Å². The van der Waals surface area contributed by atoms with Crippen LogP contribution in [-0.2, 0) is 24.9 Å². The molecule has 0 bridgehead atoms. The van der Waals surface area contributed by atoms with Crippen molar-refractivity contribution in [2.24, 2.45) is 5.41 Å². The summed E-state index contributed by atoms with van der Waals surface area (Å²) >= 11 is 0. The standard InChI is InChI=1S/C24H25F3N2O7S2/c25-24(26,27)35-20-3-1-2-4-21(20)37(31,32)28-14-11-23(12-15-28)13-16-29(22(23)30)17-5-7-18(8-6-17)36-38(33,34)19-9-10-19/h1-8,19H,9-16H2. The first kappa shape index (κ1) is 26.8. The first-order valence-corrected chi connectivity index (χ1v) is 14.9. The molecule has 14 heteroatoms. The number of benzene rings is 2. The lowest BCUT2D eigenvalue weighted by molar-refractivity contribution is -0.275. The lowest BCUT2D eigenvalue weighted by Crippen LogP contribution is -2.46. The van der Waals surface area contributed by atoms with Crippen molar-refractivity contribution in [1.82, 2.24) is 4.31 Å². The van der Waals surface area contributed by atoms with Gasteiger partial charge in [-0.3, -0.25) is 4.79 Å². The average Bonchev–Trinajstić information content (AvgIpc) is 3.67. The third kappa shape index (κ3) is 5.21. The monoisotopic (exact) mass is 574 g/mol. The summed E-state index contributed by atoms with van der Waals surface area (Å²) in [6.45, 7) is 0.330. The number of sulfonamides is 1. The Morgan fingerprint density at radius 1 is 0.868 bits per heavy atom. The van der Waals surface area contributed by atoms with Crippen LogP contribution in [0.4, 0.5) is 18.9 Å². The fraction of sp³-hybridized carbons (Fsp3) is 0.458. The van der Waals surface area contributed by atoms with Crippen molar-refractivity contribution < 1.29 is 43.7 Å². The quantitative estimate of drug-likeness (QED) is 0.464. The number of hydrogen-bond donors (Lipinski definition) is 0. The second kappa shape index (κ2) is 9.42. The van der Waals surface area contributed by atoms with Crippen molar-refractivity contribution in [2.45, 2.75) is 48.6 Å². The van der Waals surface area contributed by atoms with E-state index in [2.05, 4.69) is 4.74 Å². The highest BCUT2D eigenvalue weighted by Crippen LogP contribution is 2.45. The molecular formula is C24H25F3N2O7S2. The molecular weight excluding hydrogens is 549 g/mol. The SMILES string of the molecule is O=C1N(c2ccc(OS(=O)(=O)C3CC3)cc2)CCC12CCN(S(=O)(=O)c1ccccc1OC(F)(F)F)CC2. The fourth-order valence-corrected chi connectivity index (χ4v) is 7.72. The smallest absolute Gasteiger partial charge is 0.404 e. The first-order valence-electron chi connectivity index (χ1n) is 12.0. The van der Waals surface area contributed by atoms with Gasteiger partial charge in [0.15, 0.2) is 0 Å². The summed E-state index contributed by atoms with van der Waals surface area (Å²) in [5, 5.41) is -0.470. The van der Waals surface area contributed by atoms with Gasteiger partial charge in [-0.2, -0.15) is 12.7 Å². The van der Waals surface area contributed by atoms with Crippen LogP contribution in [0.3, 0.4) is 0 Å². The van der Waals surface area contributed by atoms with Crippen LogP contribution in [0, 0.1) is 5.41 Å². The van der Waals surface area contributed by atoms with E-state index in [1.54, 1.807) is 17.0 Å². The van der Waals surface area contributed by atoms with Gasteiger partial charge in [0.2, 0.25) is 15.9 Å². The Hall–Kier alpha value is -2.84. The summed E-state index contributed by atoms with van der Waals surface area (Å²) in [5.74, 6) is -0.814. The van der Waals surface area contributed by atoms with Crippen LogP contribution in [0.1, 0.15) is 32.1 Å². The minimum Gasteiger partial charge on any atom is -0.404 e. The Morgan fingerprint density at radius 2 is 1.47 bits per heavy atom. The number of ether oxygens (including phenoxy) is 1. The zero-order valence-electron chi connectivity index (χ0n) is 20.1. The van der Waals surface area contributed by atoms with E-state index >= 15 is 0 Å². The molecule has 206 valence electrons. The number of halogens is 3. The molecule has 0 N–H and O–H groups in total.